The molecule has 5 heteroatoms. The number of aliphatic imine (C=N–C) groups is 1. The normalized spacial score (nSPS) is 19.0. The van der Waals surface area contributed by atoms with Crippen LogP contribution in [0.4, 0.5) is 4.79 Å². The van der Waals surface area contributed by atoms with E-state index in [4.69, 9.17) is 5.11 Å². The van der Waals surface area contributed by atoms with E-state index in [1.165, 1.54) is 0 Å². The minimum atomic E-state index is -1.10. The molecule has 1 aromatic heterocycles. The lowest BCUT2D eigenvalue weighted by Gasteiger charge is -1.99. The third-order valence-corrected chi connectivity index (χ3v) is 3.20. The van der Waals surface area contributed by atoms with Gasteiger partial charge in [0.25, 0.3) is 0 Å². The number of hydrogen-bond donors (Lipinski definition) is 2. The van der Waals surface area contributed by atoms with Crippen molar-refractivity contribution in [1.29, 1.82) is 0 Å². The van der Waals surface area contributed by atoms with Gasteiger partial charge in [-0.25, -0.2) is 4.79 Å². The molecule has 0 unspecified atom stereocenters. The highest BCUT2D eigenvalue weighted by Gasteiger charge is 2.13. The van der Waals surface area contributed by atoms with Crippen LogP contribution in [0.25, 0.3) is 6.20 Å². The summed E-state index contributed by atoms with van der Waals surface area (Å²) in [7, 11) is 0. The van der Waals surface area contributed by atoms with Crippen LogP contribution in [-0.2, 0) is 0 Å². The number of nitrogens with one attached hydrogen (secondary N) is 1. The fourth-order valence-corrected chi connectivity index (χ4v) is 2.03. The Morgan fingerprint density at radius 1 is 1.17 bits per heavy atom. The van der Waals surface area contributed by atoms with E-state index in [2.05, 4.69) is 10.3 Å². The van der Waals surface area contributed by atoms with Crippen molar-refractivity contribution in [2.45, 2.75) is 0 Å². The summed E-state index contributed by atoms with van der Waals surface area (Å²) in [5.74, 6) is 0. The molecule has 0 spiro atoms. The van der Waals surface area contributed by atoms with Gasteiger partial charge < -0.3 is 9.67 Å². The molecule has 114 valence electrons. The van der Waals surface area contributed by atoms with Gasteiger partial charge in [0.1, 0.15) is 0 Å². The number of rotatable bonds is 1. The third kappa shape index (κ3) is 4.07. The number of amides is 1. The van der Waals surface area contributed by atoms with E-state index in [0.717, 1.165) is 17.0 Å². The number of hydrogen-bond acceptors (Lipinski definition) is 2. The number of carboxylic acid groups (broad SMARTS) is 1. The second-order valence-electron chi connectivity index (χ2n) is 4.89. The van der Waals surface area contributed by atoms with Gasteiger partial charge in [-0.1, -0.05) is 24.3 Å². The Kier molecular flexibility index (Phi) is 4.20. The monoisotopic (exact) mass is 305 g/mol. The molecule has 0 saturated heterocycles. The molecule has 0 radical (unpaired) electrons. The maximum Gasteiger partial charge on any atom is 0.409 e. The molecule has 0 aromatic carbocycles. The van der Waals surface area contributed by atoms with Crippen LogP contribution in [0.15, 0.2) is 88.9 Å². The first-order valence-corrected chi connectivity index (χ1v) is 7.09. The third-order valence-electron chi connectivity index (χ3n) is 3.20. The van der Waals surface area contributed by atoms with Crippen molar-refractivity contribution in [3.63, 3.8) is 0 Å². The maximum atomic E-state index is 10.8. The van der Waals surface area contributed by atoms with Gasteiger partial charge in [-0.3, -0.25) is 10.3 Å². The molecule has 5 nitrogen and oxygen atoms in total. The SMILES string of the molecule is O=C(O)NC1=C/C=C\C=C2C=C2N=Cc2cccn2/C=C\C=C1. The molecule has 0 atom stereocenters. The minimum absolute atomic E-state index is 0.486. The highest BCUT2D eigenvalue weighted by molar-refractivity contribution is 5.81. The molecule has 1 aliphatic carbocycles. The number of fused-ring (bicyclic) bond motifs is 2. The summed E-state index contributed by atoms with van der Waals surface area (Å²) >= 11 is 0. The summed E-state index contributed by atoms with van der Waals surface area (Å²) < 4.78 is 1.94. The van der Waals surface area contributed by atoms with Crippen LogP contribution in [0, 0.1) is 0 Å². The van der Waals surface area contributed by atoms with Crippen molar-refractivity contribution in [2.24, 2.45) is 4.99 Å². The van der Waals surface area contributed by atoms with Gasteiger partial charge in [0.2, 0.25) is 0 Å². The van der Waals surface area contributed by atoms with E-state index in [1.54, 1.807) is 24.3 Å². The highest BCUT2D eigenvalue weighted by Crippen LogP contribution is 2.28. The van der Waals surface area contributed by atoms with Crippen molar-refractivity contribution >= 4 is 18.5 Å². The van der Waals surface area contributed by atoms with E-state index in [9.17, 15) is 4.79 Å². The van der Waals surface area contributed by atoms with E-state index in [0.29, 0.717) is 5.70 Å². The molecule has 1 amide bonds. The van der Waals surface area contributed by atoms with Gasteiger partial charge in [0.05, 0.1) is 17.6 Å². The number of carbonyl (C=O) groups is 1. The predicted molar refractivity (Wildman–Crippen MR) is 91.0 cm³/mol. The van der Waals surface area contributed by atoms with Gasteiger partial charge in [0.15, 0.2) is 0 Å². The second kappa shape index (κ2) is 6.62. The Bertz CT molecular complexity index is 830. The van der Waals surface area contributed by atoms with Crippen LogP contribution in [-0.4, -0.2) is 22.0 Å². The number of nitrogens with zero attached hydrogens (tertiary/aromatic N) is 2. The summed E-state index contributed by atoms with van der Waals surface area (Å²) in [6.45, 7) is 0. The summed E-state index contributed by atoms with van der Waals surface area (Å²) in [6.07, 6.45) is 19.1. The Morgan fingerprint density at radius 3 is 2.91 bits per heavy atom. The zero-order chi connectivity index (χ0) is 16.1. The molecule has 0 bridgehead atoms. The number of allylic oxidation sites excluding steroid dienone is 9. The average Bonchev–Trinajstić information content (AvgIpc) is 3.11. The summed E-state index contributed by atoms with van der Waals surface area (Å²) in [5.41, 5.74) is 3.47. The van der Waals surface area contributed by atoms with Crippen LogP contribution in [0.5, 0.6) is 0 Å². The Morgan fingerprint density at radius 2 is 2.04 bits per heavy atom. The van der Waals surface area contributed by atoms with Crippen LogP contribution in [0.1, 0.15) is 5.69 Å². The Balaban J connectivity index is 1.90. The lowest BCUT2D eigenvalue weighted by Crippen LogP contribution is -2.18. The van der Waals surface area contributed by atoms with Crippen LogP contribution in [0.3, 0.4) is 0 Å². The first kappa shape index (κ1) is 14.6. The van der Waals surface area contributed by atoms with Crippen molar-refractivity contribution in [1.82, 2.24) is 9.88 Å². The molecule has 3 rings (SSSR count). The van der Waals surface area contributed by atoms with Crippen LogP contribution >= 0.6 is 0 Å². The van der Waals surface area contributed by atoms with Gasteiger partial charge in [0, 0.05) is 23.7 Å². The van der Waals surface area contributed by atoms with Crippen molar-refractivity contribution in [3.05, 3.63) is 89.6 Å². The second-order valence-corrected chi connectivity index (χ2v) is 4.89. The predicted octanol–water partition coefficient (Wildman–Crippen LogP) is 3.48. The van der Waals surface area contributed by atoms with E-state index in [-0.39, 0.29) is 0 Å². The average molecular weight is 305 g/mol. The largest absolute Gasteiger partial charge is 0.465 e. The number of aromatic nitrogens is 1. The van der Waals surface area contributed by atoms with E-state index >= 15 is 0 Å². The van der Waals surface area contributed by atoms with Gasteiger partial charge in [-0.05, 0) is 36.4 Å². The lowest BCUT2D eigenvalue weighted by atomic mass is 10.3. The zero-order valence-electron chi connectivity index (χ0n) is 12.3. The molecular weight excluding hydrogens is 290 g/mol. The van der Waals surface area contributed by atoms with E-state index < -0.39 is 6.09 Å². The topological polar surface area (TPSA) is 66.6 Å². The molecule has 2 N–H and O–H groups in total. The molecule has 23 heavy (non-hydrogen) atoms. The van der Waals surface area contributed by atoms with Crippen molar-refractivity contribution < 1.29 is 9.90 Å². The van der Waals surface area contributed by atoms with Crippen LogP contribution in [0.2, 0.25) is 0 Å². The molecular formula is C18H15N3O2. The quantitative estimate of drug-likeness (QED) is 0.834. The van der Waals surface area contributed by atoms with Gasteiger partial charge in [-0.15, -0.1) is 0 Å². The van der Waals surface area contributed by atoms with Crippen molar-refractivity contribution in [3.8, 4) is 0 Å². The van der Waals surface area contributed by atoms with Gasteiger partial charge in [-0.2, -0.15) is 0 Å². The standard InChI is InChI=1S/C18H15N3O2/c22-18(23)20-15-7-2-1-6-14-12-17(14)19-13-16-9-5-11-21(16)10-4-3-8-15/h1-13,20H,(H,22,23)/b2-1-,8-3?,10-4-,14-6?,15-7?,19-13?. The molecule has 0 fully saturated rings. The zero-order valence-corrected chi connectivity index (χ0v) is 12.3. The first-order valence-electron chi connectivity index (χ1n) is 7.09. The molecule has 2 heterocycles. The molecule has 1 aliphatic heterocycles. The molecule has 1 aromatic rings. The summed E-state index contributed by atoms with van der Waals surface area (Å²) in [6, 6.07) is 3.91. The van der Waals surface area contributed by atoms with E-state index in [1.807, 2.05) is 59.6 Å². The minimum Gasteiger partial charge on any atom is -0.465 e. The first-order chi connectivity index (χ1) is 11.2. The lowest BCUT2D eigenvalue weighted by molar-refractivity contribution is 0.198. The molecule has 2 aliphatic rings. The van der Waals surface area contributed by atoms with Gasteiger partial charge >= 0.3 is 6.09 Å². The highest BCUT2D eigenvalue weighted by atomic mass is 16.4. The fourth-order valence-electron chi connectivity index (χ4n) is 2.03. The fraction of sp³-hybridized carbons (Fsp3) is 0. The molecule has 0 saturated carbocycles. The smallest absolute Gasteiger partial charge is 0.409 e. The summed E-state index contributed by atoms with van der Waals surface area (Å²) in [5, 5.41) is 11.2. The maximum absolute atomic E-state index is 10.8. The Labute approximate surface area is 133 Å². The Hall–Kier alpha value is -3.34. The van der Waals surface area contributed by atoms with Crippen LogP contribution < -0.4 is 5.32 Å². The summed E-state index contributed by atoms with van der Waals surface area (Å²) in [4.78, 5) is 15.2. The van der Waals surface area contributed by atoms with Crippen molar-refractivity contribution in [2.75, 3.05) is 0 Å².